The normalized spacial score (nSPS) is 10.6. The average Bonchev–Trinajstić information content (AvgIpc) is 2.71. The van der Waals surface area contributed by atoms with Crippen LogP contribution in [0, 0.1) is 13.8 Å². The van der Waals surface area contributed by atoms with Gasteiger partial charge in [0.05, 0.1) is 5.69 Å². The summed E-state index contributed by atoms with van der Waals surface area (Å²) in [7, 11) is 0. The lowest BCUT2D eigenvalue weighted by Gasteiger charge is -2.25. The Hall–Kier alpha value is -2.14. The van der Waals surface area contributed by atoms with E-state index in [1.165, 1.54) is 17.5 Å². The maximum Gasteiger partial charge on any atom is 0.240 e. The SMILES string of the molecule is Cc1ccc(SN(CC(=O)NCc2ccccc2Cl)c2cccc(Cl)c2C)cc1. The van der Waals surface area contributed by atoms with Gasteiger partial charge in [-0.1, -0.05) is 65.2 Å². The molecule has 0 saturated heterocycles. The summed E-state index contributed by atoms with van der Waals surface area (Å²) in [5.41, 5.74) is 3.93. The number of nitrogens with one attached hydrogen (secondary N) is 1. The first-order chi connectivity index (χ1) is 13.9. The van der Waals surface area contributed by atoms with Gasteiger partial charge in [-0.15, -0.1) is 0 Å². The Balaban J connectivity index is 1.77. The first kappa shape index (κ1) is 21.6. The molecule has 0 fully saturated rings. The van der Waals surface area contributed by atoms with Crippen LogP contribution in [-0.2, 0) is 11.3 Å². The van der Waals surface area contributed by atoms with Crippen LogP contribution in [0.1, 0.15) is 16.7 Å². The van der Waals surface area contributed by atoms with Crippen LogP contribution in [-0.4, -0.2) is 12.5 Å². The van der Waals surface area contributed by atoms with Crippen LogP contribution >= 0.6 is 35.1 Å². The highest BCUT2D eigenvalue weighted by atomic mass is 35.5. The van der Waals surface area contributed by atoms with Gasteiger partial charge in [-0.2, -0.15) is 0 Å². The molecule has 0 aliphatic carbocycles. The van der Waals surface area contributed by atoms with Gasteiger partial charge in [-0.05, 0) is 67.3 Å². The van der Waals surface area contributed by atoms with Crippen LogP contribution in [0.3, 0.4) is 0 Å². The number of rotatable bonds is 7. The molecule has 1 N–H and O–H groups in total. The molecule has 0 atom stereocenters. The highest BCUT2D eigenvalue weighted by Crippen LogP contribution is 2.34. The van der Waals surface area contributed by atoms with E-state index in [1.54, 1.807) is 0 Å². The summed E-state index contributed by atoms with van der Waals surface area (Å²) in [6.45, 7) is 4.58. The number of benzene rings is 3. The maximum absolute atomic E-state index is 12.7. The summed E-state index contributed by atoms with van der Waals surface area (Å²) in [4.78, 5) is 13.8. The summed E-state index contributed by atoms with van der Waals surface area (Å²) >= 11 is 14.0. The molecule has 0 radical (unpaired) electrons. The number of carbonyl (C=O) groups excluding carboxylic acids is 1. The van der Waals surface area contributed by atoms with Gasteiger partial charge in [-0.3, -0.25) is 4.79 Å². The lowest BCUT2D eigenvalue weighted by Crippen LogP contribution is -2.34. The van der Waals surface area contributed by atoms with Gasteiger partial charge in [0.1, 0.15) is 6.54 Å². The fourth-order valence-corrected chi connectivity index (χ4v) is 4.14. The summed E-state index contributed by atoms with van der Waals surface area (Å²) < 4.78 is 1.97. The Morgan fingerprint density at radius 3 is 2.34 bits per heavy atom. The Kier molecular flexibility index (Phi) is 7.48. The van der Waals surface area contributed by atoms with Crippen LogP contribution in [0.4, 0.5) is 5.69 Å². The van der Waals surface area contributed by atoms with Gasteiger partial charge in [-0.25, -0.2) is 0 Å². The molecule has 1 amide bonds. The van der Waals surface area contributed by atoms with E-state index in [9.17, 15) is 4.79 Å². The predicted octanol–water partition coefficient (Wildman–Crippen LogP) is 6.44. The molecule has 0 unspecified atom stereocenters. The van der Waals surface area contributed by atoms with Crippen molar-refractivity contribution in [1.29, 1.82) is 0 Å². The molecule has 3 aromatic rings. The van der Waals surface area contributed by atoms with E-state index < -0.39 is 0 Å². The standard InChI is InChI=1S/C23H22Cl2N2OS/c1-16-10-12-19(13-11-16)29-27(22-9-5-8-20(24)17(22)2)15-23(28)26-14-18-6-3-4-7-21(18)25/h3-13H,14-15H2,1-2H3,(H,26,28). The van der Waals surface area contributed by atoms with Crippen molar-refractivity contribution in [3.63, 3.8) is 0 Å². The summed E-state index contributed by atoms with van der Waals surface area (Å²) in [6, 6.07) is 21.4. The lowest BCUT2D eigenvalue weighted by atomic mass is 10.2. The molecule has 0 aliphatic rings. The fourth-order valence-electron chi connectivity index (χ4n) is 2.78. The molecule has 0 heterocycles. The number of hydrogen-bond acceptors (Lipinski definition) is 3. The monoisotopic (exact) mass is 444 g/mol. The molecule has 0 spiro atoms. The summed E-state index contributed by atoms with van der Waals surface area (Å²) in [5.74, 6) is -0.0936. The molecule has 0 bridgehead atoms. The van der Waals surface area contributed by atoms with E-state index in [0.29, 0.717) is 16.6 Å². The average molecular weight is 445 g/mol. The van der Waals surface area contributed by atoms with Crippen molar-refractivity contribution in [3.8, 4) is 0 Å². The molecule has 29 heavy (non-hydrogen) atoms. The van der Waals surface area contributed by atoms with Gasteiger partial charge in [0, 0.05) is 21.5 Å². The van der Waals surface area contributed by atoms with Crippen LogP contribution in [0.15, 0.2) is 71.6 Å². The maximum atomic E-state index is 12.7. The number of amides is 1. The number of hydrogen-bond donors (Lipinski definition) is 1. The largest absolute Gasteiger partial charge is 0.350 e. The smallest absolute Gasteiger partial charge is 0.240 e. The molecule has 3 aromatic carbocycles. The third kappa shape index (κ3) is 5.92. The Bertz CT molecular complexity index is 992. The molecule has 150 valence electrons. The minimum Gasteiger partial charge on any atom is -0.350 e. The van der Waals surface area contributed by atoms with Gasteiger partial charge >= 0.3 is 0 Å². The molecule has 0 aliphatic heterocycles. The van der Waals surface area contributed by atoms with Gasteiger partial charge < -0.3 is 9.62 Å². The molecule has 3 rings (SSSR count). The van der Waals surface area contributed by atoms with Gasteiger partial charge in [0.2, 0.25) is 5.91 Å². The van der Waals surface area contributed by atoms with Gasteiger partial charge in [0.15, 0.2) is 0 Å². The Morgan fingerprint density at radius 1 is 0.931 bits per heavy atom. The van der Waals surface area contributed by atoms with Crippen molar-refractivity contribution >= 4 is 46.7 Å². The predicted molar refractivity (Wildman–Crippen MR) is 124 cm³/mol. The van der Waals surface area contributed by atoms with E-state index in [4.69, 9.17) is 23.2 Å². The molecule has 3 nitrogen and oxygen atoms in total. The van der Waals surface area contributed by atoms with Crippen molar-refractivity contribution in [1.82, 2.24) is 5.32 Å². The van der Waals surface area contributed by atoms with Crippen molar-refractivity contribution in [2.45, 2.75) is 25.3 Å². The quantitative estimate of drug-likeness (QED) is 0.425. The first-order valence-electron chi connectivity index (χ1n) is 9.21. The Morgan fingerprint density at radius 2 is 1.62 bits per heavy atom. The van der Waals surface area contributed by atoms with Crippen molar-refractivity contribution < 1.29 is 4.79 Å². The van der Waals surface area contributed by atoms with Gasteiger partial charge in [0.25, 0.3) is 0 Å². The summed E-state index contributed by atoms with van der Waals surface area (Å²) in [6.07, 6.45) is 0. The fraction of sp³-hybridized carbons (Fsp3) is 0.174. The van der Waals surface area contributed by atoms with Crippen molar-refractivity contribution in [2.24, 2.45) is 0 Å². The first-order valence-corrected chi connectivity index (χ1v) is 10.7. The van der Waals surface area contributed by atoms with E-state index in [1.807, 2.05) is 53.7 Å². The van der Waals surface area contributed by atoms with E-state index in [-0.39, 0.29) is 12.5 Å². The molecule has 0 saturated carbocycles. The van der Waals surface area contributed by atoms with E-state index in [0.717, 1.165) is 21.7 Å². The molecular weight excluding hydrogens is 423 g/mol. The highest BCUT2D eigenvalue weighted by molar-refractivity contribution is 8.00. The van der Waals surface area contributed by atoms with Crippen LogP contribution in [0.25, 0.3) is 0 Å². The van der Waals surface area contributed by atoms with Crippen LogP contribution < -0.4 is 9.62 Å². The molecule has 0 aromatic heterocycles. The van der Waals surface area contributed by atoms with E-state index >= 15 is 0 Å². The number of aryl methyl sites for hydroxylation is 1. The highest BCUT2D eigenvalue weighted by Gasteiger charge is 2.17. The topological polar surface area (TPSA) is 32.3 Å². The zero-order valence-corrected chi connectivity index (χ0v) is 18.6. The van der Waals surface area contributed by atoms with Crippen LogP contribution in [0.2, 0.25) is 10.0 Å². The van der Waals surface area contributed by atoms with Crippen molar-refractivity contribution in [3.05, 3.63) is 93.5 Å². The minimum absolute atomic E-state index is 0.0936. The number of anilines is 1. The van der Waals surface area contributed by atoms with Crippen molar-refractivity contribution in [2.75, 3.05) is 10.8 Å². The lowest BCUT2D eigenvalue weighted by molar-refractivity contribution is -0.119. The number of halogens is 2. The molecule has 6 heteroatoms. The summed E-state index contributed by atoms with van der Waals surface area (Å²) in [5, 5.41) is 4.28. The zero-order valence-electron chi connectivity index (χ0n) is 16.3. The second-order valence-electron chi connectivity index (χ2n) is 6.69. The second-order valence-corrected chi connectivity index (χ2v) is 8.60. The zero-order chi connectivity index (χ0) is 20.8. The third-order valence-electron chi connectivity index (χ3n) is 4.47. The minimum atomic E-state index is -0.0936. The third-order valence-corrected chi connectivity index (χ3v) is 6.27. The van der Waals surface area contributed by atoms with Crippen LogP contribution in [0.5, 0.6) is 0 Å². The number of carbonyl (C=O) groups is 1. The Labute approximate surface area is 186 Å². The second kappa shape index (κ2) is 10.1. The molecular formula is C23H22Cl2N2OS. The van der Waals surface area contributed by atoms with E-state index in [2.05, 4.69) is 36.5 Å². The number of nitrogens with zero attached hydrogens (tertiary/aromatic N) is 1.